The molecule has 88 valence electrons. The predicted molar refractivity (Wildman–Crippen MR) is 62.8 cm³/mol. The summed E-state index contributed by atoms with van der Waals surface area (Å²) in [6.07, 6.45) is 2.77. The van der Waals surface area contributed by atoms with E-state index in [1.807, 2.05) is 6.92 Å². The van der Waals surface area contributed by atoms with Crippen LogP contribution in [0.4, 0.5) is 0 Å². The van der Waals surface area contributed by atoms with Crippen LogP contribution in [0.15, 0.2) is 0 Å². The average molecular weight is 212 g/mol. The highest BCUT2D eigenvalue weighted by atomic mass is 16.1. The lowest BCUT2D eigenvalue weighted by molar-refractivity contribution is -0.121. The first-order chi connectivity index (χ1) is 6.93. The van der Waals surface area contributed by atoms with Crippen LogP contribution in [0.5, 0.6) is 0 Å². The van der Waals surface area contributed by atoms with Crippen LogP contribution in [0.1, 0.15) is 47.0 Å². The summed E-state index contributed by atoms with van der Waals surface area (Å²) in [4.78, 5) is 13.7. The van der Waals surface area contributed by atoms with E-state index >= 15 is 0 Å². The molecule has 1 rings (SSSR count). The third-order valence-corrected chi connectivity index (χ3v) is 3.13. The van der Waals surface area contributed by atoms with E-state index < -0.39 is 0 Å². The van der Waals surface area contributed by atoms with Crippen molar-refractivity contribution in [2.75, 3.05) is 13.1 Å². The Balaban J connectivity index is 2.33. The van der Waals surface area contributed by atoms with Crippen LogP contribution in [0.3, 0.4) is 0 Å². The second-order valence-electron chi connectivity index (χ2n) is 5.35. The predicted octanol–water partition coefficient (Wildman–Crippen LogP) is 1.78. The van der Waals surface area contributed by atoms with Gasteiger partial charge in [0.2, 0.25) is 5.91 Å². The summed E-state index contributed by atoms with van der Waals surface area (Å²) in [5, 5.41) is 3.07. The van der Waals surface area contributed by atoms with Crippen LogP contribution in [0.25, 0.3) is 0 Å². The highest BCUT2D eigenvalue weighted by molar-refractivity contribution is 5.75. The molecule has 0 aliphatic carbocycles. The summed E-state index contributed by atoms with van der Waals surface area (Å²) >= 11 is 0. The van der Waals surface area contributed by atoms with E-state index in [1.54, 1.807) is 0 Å². The fourth-order valence-electron chi connectivity index (χ4n) is 2.02. The number of hydrogen-bond donors (Lipinski definition) is 1. The minimum absolute atomic E-state index is 0.184. The Kier molecular flexibility index (Phi) is 4.14. The largest absolute Gasteiger partial charge is 0.353 e. The van der Waals surface area contributed by atoms with Crippen LogP contribution in [-0.4, -0.2) is 35.5 Å². The Bertz CT molecular complexity index is 212. The van der Waals surface area contributed by atoms with Crippen LogP contribution in [0, 0.1) is 0 Å². The van der Waals surface area contributed by atoms with Crippen LogP contribution < -0.4 is 5.32 Å². The first-order valence-corrected chi connectivity index (χ1v) is 5.98. The van der Waals surface area contributed by atoms with Gasteiger partial charge in [-0.25, -0.2) is 0 Å². The van der Waals surface area contributed by atoms with Gasteiger partial charge < -0.3 is 5.32 Å². The second kappa shape index (κ2) is 4.97. The molecule has 0 aromatic heterocycles. The molecule has 1 heterocycles. The number of likely N-dealkylation sites (tertiary alicyclic amines) is 1. The maximum absolute atomic E-state index is 11.2. The number of nitrogens with one attached hydrogen (secondary N) is 1. The van der Waals surface area contributed by atoms with Crippen molar-refractivity contribution in [1.82, 2.24) is 10.2 Å². The molecule has 0 unspecified atom stereocenters. The quantitative estimate of drug-likeness (QED) is 0.756. The molecule has 0 aromatic rings. The summed E-state index contributed by atoms with van der Waals surface area (Å²) in [5.74, 6) is 0.184. The van der Waals surface area contributed by atoms with E-state index in [-0.39, 0.29) is 11.4 Å². The maximum Gasteiger partial charge on any atom is 0.219 e. The molecule has 1 amide bonds. The Morgan fingerprint density at radius 2 is 1.87 bits per heavy atom. The fourth-order valence-corrected chi connectivity index (χ4v) is 2.02. The number of nitrogens with zero attached hydrogens (tertiary/aromatic N) is 1. The van der Waals surface area contributed by atoms with E-state index in [0.29, 0.717) is 12.5 Å². The van der Waals surface area contributed by atoms with E-state index in [4.69, 9.17) is 0 Å². The number of hydrogen-bond acceptors (Lipinski definition) is 2. The first-order valence-electron chi connectivity index (χ1n) is 5.98. The van der Waals surface area contributed by atoms with Crippen molar-refractivity contribution in [2.24, 2.45) is 0 Å². The molecule has 1 N–H and O–H groups in total. The highest BCUT2D eigenvalue weighted by Crippen LogP contribution is 2.19. The van der Waals surface area contributed by atoms with Gasteiger partial charge in [0.25, 0.3) is 0 Å². The van der Waals surface area contributed by atoms with Crippen molar-refractivity contribution in [1.29, 1.82) is 0 Å². The fraction of sp³-hybridized carbons (Fsp3) is 0.917. The average Bonchev–Trinajstić information content (AvgIpc) is 2.17. The van der Waals surface area contributed by atoms with Gasteiger partial charge in [-0.15, -0.1) is 0 Å². The zero-order chi connectivity index (χ0) is 11.5. The minimum atomic E-state index is 0.184. The normalized spacial score (nSPS) is 20.3. The van der Waals surface area contributed by atoms with Crippen molar-refractivity contribution < 1.29 is 4.79 Å². The zero-order valence-corrected chi connectivity index (χ0v) is 10.5. The minimum Gasteiger partial charge on any atom is -0.353 e. The van der Waals surface area contributed by atoms with Gasteiger partial charge in [0.05, 0.1) is 0 Å². The summed E-state index contributed by atoms with van der Waals surface area (Å²) in [5.41, 5.74) is 0.264. The molecule has 1 aliphatic rings. The first kappa shape index (κ1) is 12.5. The maximum atomic E-state index is 11.2. The van der Waals surface area contributed by atoms with E-state index in [9.17, 15) is 4.79 Å². The zero-order valence-electron chi connectivity index (χ0n) is 10.5. The number of carbonyl (C=O) groups is 1. The molecule has 0 atom stereocenters. The highest BCUT2D eigenvalue weighted by Gasteiger charge is 2.27. The van der Waals surface area contributed by atoms with Gasteiger partial charge in [-0.1, -0.05) is 6.92 Å². The van der Waals surface area contributed by atoms with Gasteiger partial charge in [0, 0.05) is 31.1 Å². The van der Waals surface area contributed by atoms with Gasteiger partial charge in [-0.05, 0) is 33.6 Å². The van der Waals surface area contributed by atoms with Gasteiger partial charge in [0.1, 0.15) is 0 Å². The van der Waals surface area contributed by atoms with Gasteiger partial charge >= 0.3 is 0 Å². The molecule has 1 fully saturated rings. The summed E-state index contributed by atoms with van der Waals surface area (Å²) < 4.78 is 0. The van der Waals surface area contributed by atoms with Gasteiger partial charge in [-0.3, -0.25) is 9.69 Å². The van der Waals surface area contributed by atoms with E-state index in [0.717, 1.165) is 25.9 Å². The van der Waals surface area contributed by atoms with Crippen molar-refractivity contribution in [2.45, 2.75) is 58.5 Å². The van der Waals surface area contributed by atoms with Crippen LogP contribution >= 0.6 is 0 Å². The Morgan fingerprint density at radius 3 is 2.27 bits per heavy atom. The Morgan fingerprint density at radius 1 is 1.33 bits per heavy atom. The van der Waals surface area contributed by atoms with Crippen molar-refractivity contribution >= 4 is 5.91 Å². The summed E-state index contributed by atoms with van der Waals surface area (Å²) in [6.45, 7) is 10.8. The molecule has 3 nitrogen and oxygen atoms in total. The van der Waals surface area contributed by atoms with E-state index in [1.165, 1.54) is 0 Å². The Labute approximate surface area is 93.2 Å². The Hall–Kier alpha value is -0.570. The molecule has 1 aliphatic heterocycles. The van der Waals surface area contributed by atoms with Crippen LogP contribution in [0.2, 0.25) is 0 Å². The molecule has 0 radical (unpaired) electrons. The third-order valence-electron chi connectivity index (χ3n) is 3.13. The van der Waals surface area contributed by atoms with Crippen molar-refractivity contribution in [3.8, 4) is 0 Å². The van der Waals surface area contributed by atoms with Gasteiger partial charge in [0.15, 0.2) is 0 Å². The van der Waals surface area contributed by atoms with Crippen molar-refractivity contribution in [3.63, 3.8) is 0 Å². The second-order valence-corrected chi connectivity index (χ2v) is 5.35. The SMILES string of the molecule is CCC(=O)NC1CCN(C(C)(C)C)CC1. The molecule has 0 bridgehead atoms. The number of amides is 1. The lowest BCUT2D eigenvalue weighted by Gasteiger charge is -2.41. The molecule has 3 heteroatoms. The lowest BCUT2D eigenvalue weighted by atomic mass is 9.98. The topological polar surface area (TPSA) is 32.3 Å². The molecular formula is C12H24N2O. The molecular weight excluding hydrogens is 188 g/mol. The standard InChI is InChI=1S/C12H24N2O/c1-5-11(15)13-10-6-8-14(9-7-10)12(2,3)4/h10H,5-9H2,1-4H3,(H,13,15). The monoisotopic (exact) mass is 212 g/mol. The molecule has 0 aromatic carbocycles. The molecule has 1 saturated heterocycles. The van der Waals surface area contributed by atoms with Gasteiger partial charge in [-0.2, -0.15) is 0 Å². The molecule has 0 saturated carbocycles. The number of rotatable bonds is 2. The molecule has 0 spiro atoms. The summed E-state index contributed by atoms with van der Waals surface area (Å²) in [7, 11) is 0. The lowest BCUT2D eigenvalue weighted by Crippen LogP contribution is -2.50. The number of carbonyl (C=O) groups excluding carboxylic acids is 1. The summed E-state index contributed by atoms with van der Waals surface area (Å²) in [6, 6.07) is 0.399. The number of piperidine rings is 1. The molecule has 15 heavy (non-hydrogen) atoms. The smallest absolute Gasteiger partial charge is 0.219 e. The third kappa shape index (κ3) is 3.82. The van der Waals surface area contributed by atoms with Crippen LogP contribution in [-0.2, 0) is 4.79 Å². The van der Waals surface area contributed by atoms with Crippen molar-refractivity contribution in [3.05, 3.63) is 0 Å². The van der Waals surface area contributed by atoms with E-state index in [2.05, 4.69) is 31.0 Å².